The van der Waals surface area contributed by atoms with E-state index in [-0.39, 0.29) is 0 Å². The molecule has 1 aromatic carbocycles. The van der Waals surface area contributed by atoms with Gasteiger partial charge in [-0.25, -0.2) is 4.98 Å². The minimum atomic E-state index is 0.321. The molecular formula is C16H17ClN2O. The highest BCUT2D eigenvalue weighted by Crippen LogP contribution is 2.19. The molecule has 0 spiro atoms. The zero-order chi connectivity index (χ0) is 14.4. The number of benzene rings is 1. The third-order valence-corrected chi connectivity index (χ3v) is 3.07. The van der Waals surface area contributed by atoms with Crippen molar-refractivity contribution in [2.45, 2.75) is 20.4 Å². The van der Waals surface area contributed by atoms with Crippen molar-refractivity contribution < 1.29 is 4.74 Å². The first-order chi connectivity index (χ1) is 9.70. The normalized spacial score (nSPS) is 9.95. The summed E-state index contributed by atoms with van der Waals surface area (Å²) in [6.07, 6.45) is 3.74. The van der Waals surface area contributed by atoms with Crippen LogP contribution in [0.1, 0.15) is 17.0 Å². The van der Waals surface area contributed by atoms with Gasteiger partial charge in [0.2, 0.25) is 0 Å². The van der Waals surface area contributed by atoms with Crippen LogP contribution in [0.2, 0.25) is 0 Å². The molecule has 0 bridgehead atoms. The molecule has 0 N–H and O–H groups in total. The largest absolute Gasteiger partial charge is 0.490 e. The molecule has 2 aromatic rings. The van der Waals surface area contributed by atoms with E-state index in [0.717, 1.165) is 29.2 Å². The van der Waals surface area contributed by atoms with Crippen LogP contribution in [0.5, 0.6) is 5.75 Å². The van der Waals surface area contributed by atoms with Crippen molar-refractivity contribution in [3.8, 4) is 17.6 Å². The van der Waals surface area contributed by atoms with Crippen LogP contribution in [0.4, 0.5) is 0 Å². The molecule has 0 aliphatic carbocycles. The molecule has 3 nitrogen and oxygen atoms in total. The molecule has 2 rings (SSSR count). The van der Waals surface area contributed by atoms with Crippen molar-refractivity contribution in [2.75, 3.05) is 12.5 Å². The van der Waals surface area contributed by atoms with E-state index in [1.165, 1.54) is 0 Å². The van der Waals surface area contributed by atoms with E-state index in [1.807, 2.05) is 38.2 Å². The predicted molar refractivity (Wildman–Crippen MR) is 81.2 cm³/mol. The molecule has 4 heteroatoms. The highest BCUT2D eigenvalue weighted by molar-refractivity contribution is 6.19. The Hall–Kier alpha value is -1.92. The molecule has 20 heavy (non-hydrogen) atoms. The van der Waals surface area contributed by atoms with Crippen molar-refractivity contribution >= 4 is 11.6 Å². The van der Waals surface area contributed by atoms with Gasteiger partial charge in [-0.3, -0.25) is 0 Å². The number of nitrogens with zero attached hydrogens (tertiary/aromatic N) is 2. The van der Waals surface area contributed by atoms with E-state index in [9.17, 15) is 0 Å². The summed E-state index contributed by atoms with van der Waals surface area (Å²) in [4.78, 5) is 4.18. The first-order valence-electron chi connectivity index (χ1n) is 6.46. The number of halogens is 1. The molecule has 0 aliphatic rings. The van der Waals surface area contributed by atoms with E-state index in [2.05, 4.69) is 21.4 Å². The van der Waals surface area contributed by atoms with Crippen LogP contribution in [0.25, 0.3) is 0 Å². The average Bonchev–Trinajstić information content (AvgIpc) is 2.84. The van der Waals surface area contributed by atoms with Crippen molar-refractivity contribution in [2.24, 2.45) is 0 Å². The number of ether oxygens (including phenoxy) is 1. The van der Waals surface area contributed by atoms with Gasteiger partial charge in [-0.15, -0.1) is 11.6 Å². The van der Waals surface area contributed by atoms with Crippen LogP contribution in [0.3, 0.4) is 0 Å². The summed E-state index contributed by atoms with van der Waals surface area (Å²) in [5.41, 5.74) is 2.04. The number of hydrogen-bond acceptors (Lipinski definition) is 2. The van der Waals surface area contributed by atoms with E-state index in [0.29, 0.717) is 12.5 Å². The predicted octanol–water partition coefficient (Wildman–Crippen LogP) is 3.17. The van der Waals surface area contributed by atoms with Gasteiger partial charge in [0.25, 0.3) is 0 Å². The third kappa shape index (κ3) is 3.79. The molecule has 0 fully saturated rings. The molecule has 104 valence electrons. The number of alkyl halides is 1. The van der Waals surface area contributed by atoms with Crippen LogP contribution < -0.4 is 4.74 Å². The SMILES string of the molecule is Cc1ccc(OCCn2ccnc2C)c(C#CCCl)c1. The fraction of sp³-hybridized carbons (Fsp3) is 0.312. The lowest BCUT2D eigenvalue weighted by Crippen LogP contribution is -2.09. The van der Waals surface area contributed by atoms with Gasteiger partial charge in [0.15, 0.2) is 0 Å². The number of imidazole rings is 1. The maximum atomic E-state index is 5.82. The highest BCUT2D eigenvalue weighted by atomic mass is 35.5. The maximum absolute atomic E-state index is 5.82. The third-order valence-electron chi connectivity index (χ3n) is 2.94. The molecule has 0 saturated carbocycles. The highest BCUT2D eigenvalue weighted by Gasteiger charge is 2.03. The Labute approximate surface area is 124 Å². The van der Waals surface area contributed by atoms with Gasteiger partial charge >= 0.3 is 0 Å². The summed E-state index contributed by atoms with van der Waals surface area (Å²) in [6.45, 7) is 5.35. The fourth-order valence-electron chi connectivity index (χ4n) is 1.89. The Bertz CT molecular complexity index is 637. The van der Waals surface area contributed by atoms with Gasteiger partial charge in [0.05, 0.1) is 18.0 Å². The minimum Gasteiger partial charge on any atom is -0.490 e. The minimum absolute atomic E-state index is 0.321. The molecular weight excluding hydrogens is 272 g/mol. The monoisotopic (exact) mass is 288 g/mol. The summed E-state index contributed by atoms with van der Waals surface area (Å²) in [5.74, 6) is 8.00. The van der Waals surface area contributed by atoms with Gasteiger partial charge < -0.3 is 9.30 Å². The average molecular weight is 289 g/mol. The topological polar surface area (TPSA) is 27.1 Å². The standard InChI is InChI=1S/C16H17ClN2O/c1-13-5-6-16(15(12-13)4-3-7-17)20-11-10-19-9-8-18-14(19)2/h5-6,8-9,12H,7,10-11H2,1-2H3. The van der Waals surface area contributed by atoms with Crippen LogP contribution in [0.15, 0.2) is 30.6 Å². The Morgan fingerprint density at radius 2 is 2.20 bits per heavy atom. The van der Waals surface area contributed by atoms with E-state index in [1.54, 1.807) is 6.20 Å². The van der Waals surface area contributed by atoms with Crippen LogP contribution in [-0.4, -0.2) is 22.0 Å². The van der Waals surface area contributed by atoms with Crippen molar-refractivity contribution in [3.05, 3.63) is 47.5 Å². The number of aromatic nitrogens is 2. The van der Waals surface area contributed by atoms with Gasteiger partial charge in [-0.1, -0.05) is 17.9 Å². The van der Waals surface area contributed by atoms with Gasteiger partial charge in [-0.2, -0.15) is 0 Å². The molecule has 0 saturated heterocycles. The van der Waals surface area contributed by atoms with Crippen LogP contribution in [-0.2, 0) is 6.54 Å². The summed E-state index contributed by atoms with van der Waals surface area (Å²) >= 11 is 5.61. The van der Waals surface area contributed by atoms with Gasteiger partial charge in [-0.05, 0) is 31.5 Å². The Balaban J connectivity index is 2.03. The first kappa shape index (κ1) is 14.5. The number of hydrogen-bond donors (Lipinski definition) is 0. The second-order valence-electron chi connectivity index (χ2n) is 4.45. The van der Waals surface area contributed by atoms with E-state index >= 15 is 0 Å². The second kappa shape index (κ2) is 7.02. The molecule has 0 radical (unpaired) electrons. The smallest absolute Gasteiger partial charge is 0.135 e. The van der Waals surface area contributed by atoms with Gasteiger partial charge in [0, 0.05) is 12.4 Å². The number of rotatable bonds is 4. The van der Waals surface area contributed by atoms with Crippen LogP contribution >= 0.6 is 11.6 Å². The zero-order valence-corrected chi connectivity index (χ0v) is 12.4. The Kier molecular flexibility index (Phi) is 5.09. The van der Waals surface area contributed by atoms with E-state index < -0.39 is 0 Å². The first-order valence-corrected chi connectivity index (χ1v) is 7.00. The maximum Gasteiger partial charge on any atom is 0.135 e. The van der Waals surface area contributed by atoms with E-state index in [4.69, 9.17) is 16.3 Å². The zero-order valence-electron chi connectivity index (χ0n) is 11.7. The summed E-state index contributed by atoms with van der Waals surface area (Å²) in [7, 11) is 0. The van der Waals surface area contributed by atoms with Crippen molar-refractivity contribution in [3.63, 3.8) is 0 Å². The second-order valence-corrected chi connectivity index (χ2v) is 4.72. The molecule has 0 atom stereocenters. The van der Waals surface area contributed by atoms with Crippen molar-refractivity contribution in [1.29, 1.82) is 0 Å². The Morgan fingerprint density at radius 3 is 2.90 bits per heavy atom. The summed E-state index contributed by atoms with van der Waals surface area (Å²) in [6, 6.07) is 5.98. The molecule has 0 aliphatic heterocycles. The molecule has 0 unspecified atom stereocenters. The lowest BCUT2D eigenvalue weighted by Gasteiger charge is -2.10. The van der Waals surface area contributed by atoms with Gasteiger partial charge in [0.1, 0.15) is 18.2 Å². The lowest BCUT2D eigenvalue weighted by molar-refractivity contribution is 0.296. The molecule has 1 heterocycles. The quantitative estimate of drug-likeness (QED) is 0.638. The summed E-state index contributed by atoms with van der Waals surface area (Å²) < 4.78 is 7.88. The fourth-order valence-corrected chi connectivity index (χ4v) is 1.96. The van der Waals surface area contributed by atoms with Crippen LogP contribution in [0, 0.1) is 25.7 Å². The van der Waals surface area contributed by atoms with Crippen molar-refractivity contribution in [1.82, 2.24) is 9.55 Å². The molecule has 1 aromatic heterocycles. The summed E-state index contributed by atoms with van der Waals surface area (Å²) in [5, 5.41) is 0. The lowest BCUT2D eigenvalue weighted by atomic mass is 10.1. The number of aryl methyl sites for hydroxylation is 2. The Morgan fingerprint density at radius 1 is 1.35 bits per heavy atom. The molecule has 0 amide bonds.